The Morgan fingerprint density at radius 2 is 1.97 bits per heavy atom. The lowest BCUT2D eigenvalue weighted by molar-refractivity contribution is -0.151. The van der Waals surface area contributed by atoms with Gasteiger partial charge < -0.3 is 14.7 Å². The monoisotopic (exact) mass is 416 g/mol. The maximum Gasteiger partial charge on any atom is 0.326 e. The molecular weight excluding hydrogens is 384 g/mol. The van der Waals surface area contributed by atoms with E-state index in [-0.39, 0.29) is 30.4 Å². The molecule has 0 unspecified atom stereocenters. The molecule has 1 aromatic carbocycles. The number of aliphatic carboxylic acids is 1. The van der Waals surface area contributed by atoms with Crippen LogP contribution in [0.4, 0.5) is 0 Å². The molecule has 1 amide bonds. The Hall–Kier alpha value is -2.41. The molecule has 7 heteroatoms. The van der Waals surface area contributed by atoms with Gasteiger partial charge in [-0.2, -0.15) is 0 Å². The van der Waals surface area contributed by atoms with Gasteiger partial charge in [0.05, 0.1) is 12.6 Å². The number of carbonyl (C=O) groups is 3. The number of benzene rings is 1. The van der Waals surface area contributed by atoms with Crippen molar-refractivity contribution in [1.29, 1.82) is 0 Å². The molecule has 0 spiro atoms. The van der Waals surface area contributed by atoms with E-state index in [4.69, 9.17) is 4.74 Å². The molecule has 3 rings (SSSR count). The molecule has 1 aliphatic heterocycles. The Morgan fingerprint density at radius 1 is 1.23 bits per heavy atom. The number of ether oxygens (including phenoxy) is 1. The molecule has 5 atom stereocenters. The molecule has 7 nitrogen and oxygen atoms in total. The molecule has 1 aliphatic carbocycles. The quantitative estimate of drug-likeness (QED) is 0.600. The van der Waals surface area contributed by atoms with Gasteiger partial charge in [0.1, 0.15) is 12.1 Å². The third-order valence-corrected chi connectivity index (χ3v) is 6.33. The predicted molar refractivity (Wildman–Crippen MR) is 112 cm³/mol. The van der Waals surface area contributed by atoms with Crippen molar-refractivity contribution < 1.29 is 24.2 Å². The number of carbonyl (C=O) groups excluding carboxylic acids is 2. The summed E-state index contributed by atoms with van der Waals surface area (Å²) < 4.78 is 5.21. The summed E-state index contributed by atoms with van der Waals surface area (Å²) >= 11 is 0. The molecule has 30 heavy (non-hydrogen) atoms. The largest absolute Gasteiger partial charge is 0.480 e. The van der Waals surface area contributed by atoms with E-state index in [0.717, 1.165) is 24.8 Å². The molecule has 1 heterocycles. The summed E-state index contributed by atoms with van der Waals surface area (Å²) in [6, 6.07) is 7.76. The minimum Gasteiger partial charge on any atom is -0.480 e. The Morgan fingerprint density at radius 3 is 2.63 bits per heavy atom. The van der Waals surface area contributed by atoms with Crippen molar-refractivity contribution in [2.24, 2.45) is 5.92 Å². The van der Waals surface area contributed by atoms with Crippen molar-refractivity contribution in [2.75, 3.05) is 6.61 Å². The smallest absolute Gasteiger partial charge is 0.326 e. The van der Waals surface area contributed by atoms with Gasteiger partial charge in [-0.05, 0) is 57.4 Å². The minimum absolute atomic E-state index is 0.00629. The highest BCUT2D eigenvalue weighted by Crippen LogP contribution is 2.41. The number of likely N-dealkylation sites (tertiary alicyclic amines) is 1. The molecule has 2 fully saturated rings. The van der Waals surface area contributed by atoms with Crippen LogP contribution in [-0.4, -0.2) is 58.6 Å². The molecule has 1 saturated heterocycles. The third-order valence-electron chi connectivity index (χ3n) is 6.33. The number of rotatable bonds is 9. The topological polar surface area (TPSA) is 95.9 Å². The zero-order valence-corrected chi connectivity index (χ0v) is 17.8. The normalized spacial score (nSPS) is 24.9. The fourth-order valence-electron chi connectivity index (χ4n) is 4.89. The van der Waals surface area contributed by atoms with Crippen LogP contribution in [0.25, 0.3) is 0 Å². The van der Waals surface area contributed by atoms with Crippen LogP contribution in [0, 0.1) is 5.92 Å². The first-order chi connectivity index (χ1) is 14.4. The lowest BCUT2D eigenvalue weighted by Crippen LogP contribution is -2.55. The fourth-order valence-corrected chi connectivity index (χ4v) is 4.89. The third kappa shape index (κ3) is 5.01. The van der Waals surface area contributed by atoms with Crippen LogP contribution in [0.15, 0.2) is 30.3 Å². The van der Waals surface area contributed by atoms with Crippen molar-refractivity contribution in [3.05, 3.63) is 35.9 Å². The summed E-state index contributed by atoms with van der Waals surface area (Å²) in [5.41, 5.74) is 1.10. The fraction of sp³-hybridized carbons (Fsp3) is 0.609. The van der Waals surface area contributed by atoms with Gasteiger partial charge in [0.25, 0.3) is 0 Å². The van der Waals surface area contributed by atoms with Crippen LogP contribution in [0.5, 0.6) is 0 Å². The second kappa shape index (κ2) is 10.1. The van der Waals surface area contributed by atoms with Gasteiger partial charge >= 0.3 is 11.9 Å². The van der Waals surface area contributed by atoms with Crippen LogP contribution in [-0.2, 0) is 25.5 Å². The Balaban J connectivity index is 1.68. The Bertz CT molecular complexity index is 753. The van der Waals surface area contributed by atoms with Crippen molar-refractivity contribution in [2.45, 2.75) is 76.5 Å². The molecule has 0 aromatic heterocycles. The van der Waals surface area contributed by atoms with Gasteiger partial charge in [-0.15, -0.1) is 0 Å². The van der Waals surface area contributed by atoms with Crippen molar-refractivity contribution in [3.63, 3.8) is 0 Å². The van der Waals surface area contributed by atoms with Gasteiger partial charge in [0.15, 0.2) is 0 Å². The second-order valence-electron chi connectivity index (χ2n) is 8.31. The van der Waals surface area contributed by atoms with E-state index in [1.54, 1.807) is 18.7 Å². The molecule has 2 N–H and O–H groups in total. The number of hydrogen-bond donors (Lipinski definition) is 2. The summed E-state index contributed by atoms with van der Waals surface area (Å²) in [5.74, 6) is -1.31. The van der Waals surface area contributed by atoms with E-state index in [9.17, 15) is 19.5 Å². The van der Waals surface area contributed by atoms with Crippen LogP contribution < -0.4 is 5.32 Å². The number of nitrogens with zero attached hydrogens (tertiary/aromatic N) is 1. The lowest BCUT2D eigenvalue weighted by Gasteiger charge is -2.31. The molecule has 2 aliphatic rings. The lowest BCUT2D eigenvalue weighted by atomic mass is 10.0. The van der Waals surface area contributed by atoms with Gasteiger partial charge in [-0.1, -0.05) is 36.8 Å². The van der Waals surface area contributed by atoms with Crippen LogP contribution in [0.1, 0.15) is 51.5 Å². The first kappa shape index (κ1) is 22.3. The summed E-state index contributed by atoms with van der Waals surface area (Å²) in [4.78, 5) is 39.1. The van der Waals surface area contributed by atoms with Crippen LogP contribution >= 0.6 is 0 Å². The highest BCUT2D eigenvalue weighted by Gasteiger charge is 2.49. The second-order valence-corrected chi connectivity index (χ2v) is 8.31. The summed E-state index contributed by atoms with van der Waals surface area (Å²) in [6.45, 7) is 3.72. The maximum atomic E-state index is 13.2. The van der Waals surface area contributed by atoms with Gasteiger partial charge in [-0.25, -0.2) is 4.79 Å². The van der Waals surface area contributed by atoms with Crippen LogP contribution in [0.3, 0.4) is 0 Å². The average Bonchev–Trinajstić information content (AvgIpc) is 3.32. The predicted octanol–water partition coefficient (Wildman–Crippen LogP) is 2.38. The van der Waals surface area contributed by atoms with Crippen molar-refractivity contribution in [1.82, 2.24) is 10.2 Å². The molecule has 0 radical (unpaired) electrons. The number of aryl methyl sites for hydroxylation is 1. The standard InChI is InChI=1S/C23H32N2O5/c1-3-30-23(29)18(13-12-16-8-5-4-6-9-16)24-15(2)21(26)25-19-11-7-10-17(19)14-20(25)22(27)28/h4-6,8-9,15,17-20,24H,3,7,10-14H2,1-2H3,(H,27,28)/t15-,17+,18-,19+,20+/m0/s1. The SMILES string of the molecule is CCOC(=O)[C@H](CCc1ccccc1)N[C@@H](C)C(=O)N1[C@@H](C(=O)O)C[C@H]2CCC[C@H]21. The summed E-state index contributed by atoms with van der Waals surface area (Å²) in [7, 11) is 0. The number of nitrogens with one attached hydrogen (secondary N) is 1. The first-order valence-corrected chi connectivity index (χ1v) is 10.9. The van der Waals surface area contributed by atoms with Crippen LogP contribution in [0.2, 0.25) is 0 Å². The molecular formula is C23H32N2O5. The van der Waals surface area contributed by atoms with Gasteiger partial charge in [0, 0.05) is 6.04 Å². The summed E-state index contributed by atoms with van der Waals surface area (Å²) in [5, 5.41) is 12.8. The van der Waals surface area contributed by atoms with Crippen molar-refractivity contribution in [3.8, 4) is 0 Å². The molecule has 1 saturated carbocycles. The number of esters is 1. The van der Waals surface area contributed by atoms with Gasteiger partial charge in [0.2, 0.25) is 5.91 Å². The molecule has 1 aromatic rings. The van der Waals surface area contributed by atoms with Gasteiger partial charge in [-0.3, -0.25) is 14.9 Å². The van der Waals surface area contributed by atoms with E-state index in [1.165, 1.54) is 0 Å². The minimum atomic E-state index is -0.948. The zero-order valence-electron chi connectivity index (χ0n) is 17.8. The number of amides is 1. The van der Waals surface area contributed by atoms with E-state index in [1.807, 2.05) is 30.3 Å². The maximum absolute atomic E-state index is 13.2. The number of fused-ring (bicyclic) bond motifs is 1. The zero-order chi connectivity index (χ0) is 21.7. The number of hydrogen-bond acceptors (Lipinski definition) is 5. The highest BCUT2D eigenvalue weighted by molar-refractivity contribution is 5.88. The summed E-state index contributed by atoms with van der Waals surface area (Å²) in [6.07, 6.45) is 4.54. The highest BCUT2D eigenvalue weighted by atomic mass is 16.5. The number of carboxylic acid groups (broad SMARTS) is 1. The van der Waals surface area contributed by atoms with E-state index in [0.29, 0.717) is 19.3 Å². The van der Waals surface area contributed by atoms with E-state index < -0.39 is 24.1 Å². The van der Waals surface area contributed by atoms with E-state index >= 15 is 0 Å². The van der Waals surface area contributed by atoms with E-state index in [2.05, 4.69) is 5.32 Å². The Kier molecular flexibility index (Phi) is 7.48. The average molecular weight is 417 g/mol. The molecule has 164 valence electrons. The number of carboxylic acids is 1. The first-order valence-electron chi connectivity index (χ1n) is 10.9. The Labute approximate surface area is 177 Å². The molecule has 0 bridgehead atoms. The van der Waals surface area contributed by atoms with Crippen molar-refractivity contribution >= 4 is 17.8 Å².